The molecule has 3 heterocycles. The summed E-state index contributed by atoms with van der Waals surface area (Å²) >= 11 is 0. The molecule has 0 aliphatic carbocycles. The molecule has 2 aromatic rings. The topological polar surface area (TPSA) is 53.7 Å². The summed E-state index contributed by atoms with van der Waals surface area (Å²) in [4.78, 5) is 6.53. The summed E-state index contributed by atoms with van der Waals surface area (Å²) in [5.41, 5.74) is 2.06. The number of hydrogen-bond donors (Lipinski definition) is 1. The lowest BCUT2D eigenvalue weighted by molar-refractivity contribution is 0.0968. The number of aromatic nitrogens is 3. The van der Waals surface area contributed by atoms with Crippen LogP contribution in [0.1, 0.15) is 18.9 Å². The maximum atomic E-state index is 9.81. The van der Waals surface area contributed by atoms with Gasteiger partial charge in [0.05, 0.1) is 6.10 Å². The molecule has 18 heavy (non-hydrogen) atoms. The van der Waals surface area contributed by atoms with Gasteiger partial charge in [-0.05, 0) is 37.0 Å². The van der Waals surface area contributed by atoms with Gasteiger partial charge < -0.3 is 10.0 Å². The van der Waals surface area contributed by atoms with Crippen LogP contribution in [0.2, 0.25) is 0 Å². The standard InChI is InChI=1S/C13H18N4O/c1-9-5-12-14-8-15-17(12)13(6-9)16-4-3-11(18)10(2)7-16/h5-6,8,10-11,18H,3-4,7H2,1-2H3. The van der Waals surface area contributed by atoms with Crippen LogP contribution in [0, 0.1) is 12.8 Å². The van der Waals surface area contributed by atoms with E-state index < -0.39 is 0 Å². The van der Waals surface area contributed by atoms with Crippen LogP contribution in [0.3, 0.4) is 0 Å². The Morgan fingerprint density at radius 2 is 2.22 bits per heavy atom. The van der Waals surface area contributed by atoms with Crippen LogP contribution in [-0.2, 0) is 0 Å². The molecule has 0 amide bonds. The predicted octanol–water partition coefficient (Wildman–Crippen LogP) is 1.24. The zero-order valence-electron chi connectivity index (χ0n) is 10.7. The van der Waals surface area contributed by atoms with E-state index >= 15 is 0 Å². The van der Waals surface area contributed by atoms with Crippen LogP contribution in [0.25, 0.3) is 5.65 Å². The second-order valence-corrected chi connectivity index (χ2v) is 5.20. The molecule has 0 aromatic carbocycles. The van der Waals surface area contributed by atoms with Crippen LogP contribution >= 0.6 is 0 Å². The first-order chi connectivity index (χ1) is 8.65. The van der Waals surface area contributed by atoms with Crippen molar-refractivity contribution in [1.82, 2.24) is 14.6 Å². The highest BCUT2D eigenvalue weighted by Crippen LogP contribution is 2.24. The minimum Gasteiger partial charge on any atom is -0.393 e. The molecule has 0 spiro atoms. The third-order valence-electron chi connectivity index (χ3n) is 3.69. The van der Waals surface area contributed by atoms with Crippen molar-refractivity contribution in [2.45, 2.75) is 26.4 Å². The van der Waals surface area contributed by atoms with Gasteiger partial charge in [0, 0.05) is 13.1 Å². The van der Waals surface area contributed by atoms with E-state index in [4.69, 9.17) is 0 Å². The van der Waals surface area contributed by atoms with E-state index in [1.54, 1.807) is 6.33 Å². The number of pyridine rings is 1. The molecule has 2 unspecified atom stereocenters. The van der Waals surface area contributed by atoms with Crippen LogP contribution in [-0.4, -0.2) is 38.9 Å². The van der Waals surface area contributed by atoms with Crippen molar-refractivity contribution in [3.63, 3.8) is 0 Å². The minimum absolute atomic E-state index is 0.183. The van der Waals surface area contributed by atoms with Gasteiger partial charge in [-0.3, -0.25) is 0 Å². The molecule has 1 fully saturated rings. The van der Waals surface area contributed by atoms with Gasteiger partial charge in [0.2, 0.25) is 0 Å². The molecule has 5 heteroatoms. The lowest BCUT2D eigenvalue weighted by Gasteiger charge is -2.35. The molecule has 1 N–H and O–H groups in total. The molecule has 1 aliphatic rings. The van der Waals surface area contributed by atoms with Crippen molar-refractivity contribution >= 4 is 11.5 Å². The van der Waals surface area contributed by atoms with E-state index in [1.165, 1.54) is 5.56 Å². The summed E-state index contributed by atoms with van der Waals surface area (Å²) in [5.74, 6) is 1.36. The minimum atomic E-state index is -0.183. The number of rotatable bonds is 1. The first-order valence-corrected chi connectivity index (χ1v) is 6.38. The molecule has 2 atom stereocenters. The van der Waals surface area contributed by atoms with Crippen molar-refractivity contribution in [3.8, 4) is 0 Å². The maximum absolute atomic E-state index is 9.81. The average Bonchev–Trinajstić information content (AvgIpc) is 2.79. The molecular formula is C13H18N4O. The molecule has 0 bridgehead atoms. The number of aliphatic hydroxyl groups is 1. The molecule has 0 saturated carbocycles. The molecule has 3 rings (SSSR count). The van der Waals surface area contributed by atoms with Crippen LogP contribution in [0.4, 0.5) is 5.82 Å². The first kappa shape index (κ1) is 11.5. The normalized spacial score (nSPS) is 24.7. The second kappa shape index (κ2) is 4.24. The van der Waals surface area contributed by atoms with Crippen molar-refractivity contribution in [1.29, 1.82) is 0 Å². The Balaban J connectivity index is 2.01. The fourth-order valence-electron chi connectivity index (χ4n) is 2.60. The first-order valence-electron chi connectivity index (χ1n) is 6.38. The smallest absolute Gasteiger partial charge is 0.157 e. The number of hydrogen-bond acceptors (Lipinski definition) is 4. The van der Waals surface area contributed by atoms with Gasteiger partial charge in [-0.25, -0.2) is 4.98 Å². The Morgan fingerprint density at radius 1 is 1.39 bits per heavy atom. The van der Waals surface area contributed by atoms with E-state index in [9.17, 15) is 5.11 Å². The predicted molar refractivity (Wildman–Crippen MR) is 69.7 cm³/mol. The zero-order valence-corrected chi connectivity index (χ0v) is 10.7. The number of aryl methyl sites for hydroxylation is 1. The summed E-state index contributed by atoms with van der Waals surface area (Å²) in [6, 6.07) is 4.16. The van der Waals surface area contributed by atoms with Crippen molar-refractivity contribution in [2.24, 2.45) is 5.92 Å². The monoisotopic (exact) mass is 246 g/mol. The zero-order chi connectivity index (χ0) is 12.7. The van der Waals surface area contributed by atoms with Crippen LogP contribution in [0.5, 0.6) is 0 Å². The molecular weight excluding hydrogens is 228 g/mol. The van der Waals surface area contributed by atoms with E-state index in [0.717, 1.165) is 31.0 Å². The Bertz CT molecular complexity index is 565. The lowest BCUT2D eigenvalue weighted by atomic mass is 9.97. The van der Waals surface area contributed by atoms with Gasteiger partial charge in [0.15, 0.2) is 5.65 Å². The van der Waals surface area contributed by atoms with E-state index in [1.807, 2.05) is 10.6 Å². The summed E-state index contributed by atoms with van der Waals surface area (Å²) < 4.78 is 1.87. The van der Waals surface area contributed by atoms with Gasteiger partial charge in [-0.2, -0.15) is 9.61 Å². The van der Waals surface area contributed by atoms with Crippen molar-refractivity contribution in [2.75, 3.05) is 18.0 Å². The highest BCUT2D eigenvalue weighted by Gasteiger charge is 2.25. The Labute approximate surface area is 106 Å². The fraction of sp³-hybridized carbons (Fsp3) is 0.538. The molecule has 1 aliphatic heterocycles. The molecule has 1 saturated heterocycles. The van der Waals surface area contributed by atoms with Crippen molar-refractivity contribution < 1.29 is 5.11 Å². The summed E-state index contributed by atoms with van der Waals surface area (Å²) in [6.07, 6.45) is 2.21. The number of nitrogens with zero attached hydrogens (tertiary/aromatic N) is 4. The summed E-state index contributed by atoms with van der Waals surface area (Å²) in [7, 11) is 0. The van der Waals surface area contributed by atoms with Gasteiger partial charge >= 0.3 is 0 Å². The highest BCUT2D eigenvalue weighted by atomic mass is 16.3. The molecule has 0 radical (unpaired) electrons. The SMILES string of the molecule is Cc1cc(N2CCC(O)C(C)C2)n2ncnc2c1. The molecule has 2 aromatic heterocycles. The summed E-state index contributed by atoms with van der Waals surface area (Å²) in [6.45, 7) is 5.88. The van der Waals surface area contributed by atoms with Gasteiger partial charge in [-0.1, -0.05) is 6.92 Å². The average molecular weight is 246 g/mol. The van der Waals surface area contributed by atoms with Gasteiger partial charge in [0.25, 0.3) is 0 Å². The lowest BCUT2D eigenvalue weighted by Crippen LogP contribution is -2.42. The Kier molecular flexibility index (Phi) is 2.70. The number of fused-ring (bicyclic) bond motifs is 1. The Hall–Kier alpha value is -1.62. The van der Waals surface area contributed by atoms with Crippen molar-refractivity contribution in [3.05, 3.63) is 24.0 Å². The van der Waals surface area contributed by atoms with Crippen LogP contribution in [0.15, 0.2) is 18.5 Å². The van der Waals surface area contributed by atoms with Crippen LogP contribution < -0.4 is 4.90 Å². The fourth-order valence-corrected chi connectivity index (χ4v) is 2.60. The Morgan fingerprint density at radius 3 is 3.00 bits per heavy atom. The van der Waals surface area contributed by atoms with E-state index in [2.05, 4.69) is 34.9 Å². The maximum Gasteiger partial charge on any atom is 0.157 e. The van der Waals surface area contributed by atoms with E-state index in [-0.39, 0.29) is 12.0 Å². The molecule has 96 valence electrons. The molecule has 5 nitrogen and oxygen atoms in total. The number of aliphatic hydroxyl groups excluding tert-OH is 1. The third kappa shape index (κ3) is 1.84. The largest absolute Gasteiger partial charge is 0.393 e. The highest BCUT2D eigenvalue weighted by molar-refractivity contribution is 5.53. The van der Waals surface area contributed by atoms with Gasteiger partial charge in [-0.15, -0.1) is 0 Å². The number of anilines is 1. The van der Waals surface area contributed by atoms with Gasteiger partial charge in [0.1, 0.15) is 12.1 Å². The quantitative estimate of drug-likeness (QED) is 0.822. The summed E-state index contributed by atoms with van der Waals surface area (Å²) in [5, 5.41) is 14.1. The number of piperidine rings is 1. The van der Waals surface area contributed by atoms with E-state index in [0.29, 0.717) is 0 Å². The second-order valence-electron chi connectivity index (χ2n) is 5.20. The third-order valence-corrected chi connectivity index (χ3v) is 3.69.